The Morgan fingerprint density at radius 3 is 2.50 bits per heavy atom. The van der Waals surface area contributed by atoms with E-state index in [2.05, 4.69) is 5.32 Å². The van der Waals surface area contributed by atoms with Crippen molar-refractivity contribution in [3.63, 3.8) is 0 Å². The molecule has 0 fully saturated rings. The Morgan fingerprint density at radius 2 is 1.92 bits per heavy atom. The summed E-state index contributed by atoms with van der Waals surface area (Å²) in [6.45, 7) is 3.85. The maximum Gasteiger partial charge on any atom is 0.352 e. The van der Waals surface area contributed by atoms with E-state index >= 15 is 0 Å². The molecule has 0 aromatic heterocycles. The Morgan fingerprint density at radius 1 is 1.23 bits per heavy atom. The molecule has 1 amide bonds. The van der Waals surface area contributed by atoms with Crippen LogP contribution < -0.4 is 10.1 Å². The van der Waals surface area contributed by atoms with Gasteiger partial charge in [0.15, 0.2) is 0 Å². The van der Waals surface area contributed by atoms with E-state index in [0.29, 0.717) is 22.9 Å². The van der Waals surface area contributed by atoms with E-state index in [4.69, 9.17) is 16.3 Å². The Hall–Kier alpha value is -2.79. The van der Waals surface area contributed by atoms with Gasteiger partial charge in [-0.2, -0.15) is 0 Å². The molecule has 2 rings (SSSR count). The summed E-state index contributed by atoms with van der Waals surface area (Å²) in [6, 6.07) is 13.1. The average Bonchev–Trinajstić information content (AvgIpc) is 2.61. The van der Waals surface area contributed by atoms with E-state index in [1.807, 2.05) is 37.3 Å². The maximum absolute atomic E-state index is 11.5. The third-order valence-electron chi connectivity index (χ3n) is 3.61. The second-order valence-electron chi connectivity index (χ2n) is 5.69. The number of aryl methyl sites for hydroxylation is 1. The van der Waals surface area contributed by atoms with E-state index in [1.54, 1.807) is 19.1 Å². The summed E-state index contributed by atoms with van der Waals surface area (Å²) >= 11 is 6.31. The number of halogens is 1. The molecule has 26 heavy (non-hydrogen) atoms. The van der Waals surface area contributed by atoms with E-state index in [9.17, 15) is 14.7 Å². The van der Waals surface area contributed by atoms with Crippen LogP contribution in [-0.2, 0) is 16.2 Å². The van der Waals surface area contributed by atoms with Crippen LogP contribution in [0.2, 0.25) is 5.02 Å². The molecule has 0 saturated heterocycles. The third-order valence-corrected chi connectivity index (χ3v) is 3.89. The number of carbonyl (C=O) groups excluding carboxylic acids is 1. The summed E-state index contributed by atoms with van der Waals surface area (Å²) < 4.78 is 5.80. The fourth-order valence-electron chi connectivity index (χ4n) is 2.31. The molecule has 0 aliphatic heterocycles. The van der Waals surface area contributed by atoms with Crippen LogP contribution in [0.5, 0.6) is 5.75 Å². The number of carboxylic acids is 1. The van der Waals surface area contributed by atoms with E-state index in [1.165, 1.54) is 6.08 Å². The lowest BCUT2D eigenvalue weighted by Crippen LogP contribution is -2.26. The summed E-state index contributed by atoms with van der Waals surface area (Å²) in [5, 5.41) is 12.0. The summed E-state index contributed by atoms with van der Waals surface area (Å²) in [5.41, 5.74) is 2.15. The topological polar surface area (TPSA) is 75.6 Å². The van der Waals surface area contributed by atoms with Gasteiger partial charge in [0.05, 0.1) is 5.02 Å². The highest BCUT2D eigenvalue weighted by atomic mass is 35.5. The highest BCUT2D eigenvalue weighted by Gasteiger charge is 2.13. The summed E-state index contributed by atoms with van der Waals surface area (Å²) in [7, 11) is 0. The SMILES string of the molecule is CCC(=O)NC(=Cc1cc(C)c(OCc2ccccc2)c(Cl)c1)C(=O)O. The molecule has 136 valence electrons. The number of hydrogen-bond donors (Lipinski definition) is 2. The molecule has 2 aromatic rings. The number of rotatable bonds is 7. The predicted octanol–water partition coefficient (Wildman–Crippen LogP) is 4.18. The van der Waals surface area contributed by atoms with Gasteiger partial charge in [0.1, 0.15) is 18.1 Å². The lowest BCUT2D eigenvalue weighted by molar-refractivity contribution is -0.134. The number of carbonyl (C=O) groups is 2. The number of carboxylic acid groups (broad SMARTS) is 1. The third kappa shape index (κ3) is 5.36. The highest BCUT2D eigenvalue weighted by molar-refractivity contribution is 6.32. The minimum absolute atomic E-state index is 0.191. The number of benzene rings is 2. The van der Waals surface area contributed by atoms with Gasteiger partial charge in [-0.05, 0) is 41.8 Å². The molecule has 5 nitrogen and oxygen atoms in total. The first-order valence-corrected chi connectivity index (χ1v) is 8.50. The van der Waals surface area contributed by atoms with E-state index in [0.717, 1.165) is 11.1 Å². The monoisotopic (exact) mass is 373 g/mol. The van der Waals surface area contributed by atoms with Crippen molar-refractivity contribution in [2.75, 3.05) is 0 Å². The van der Waals surface area contributed by atoms with Crippen molar-refractivity contribution < 1.29 is 19.4 Å². The molecule has 2 N–H and O–H groups in total. The molecular formula is C20H20ClNO4. The number of ether oxygens (including phenoxy) is 1. The second kappa shape index (κ2) is 9.06. The standard InChI is InChI=1S/C20H20ClNO4/c1-3-18(23)22-17(20(24)25)11-15-9-13(2)19(16(21)10-15)26-12-14-7-5-4-6-8-14/h4-11H,3,12H2,1-2H3,(H,22,23)(H,24,25). The number of amides is 1. The first kappa shape index (κ1) is 19.5. The van der Waals surface area contributed by atoms with E-state index in [-0.39, 0.29) is 18.0 Å². The minimum atomic E-state index is -1.22. The Balaban J connectivity index is 2.23. The fraction of sp³-hybridized carbons (Fsp3) is 0.200. The van der Waals surface area contributed by atoms with Crippen LogP contribution in [0, 0.1) is 6.92 Å². The lowest BCUT2D eigenvalue weighted by atomic mass is 10.1. The van der Waals surface area contributed by atoms with Gasteiger partial charge in [-0.25, -0.2) is 4.79 Å². The molecule has 6 heteroatoms. The van der Waals surface area contributed by atoms with Gasteiger partial charge in [0, 0.05) is 6.42 Å². The van der Waals surface area contributed by atoms with Crippen LogP contribution in [0.4, 0.5) is 0 Å². The smallest absolute Gasteiger partial charge is 0.352 e. The first-order valence-electron chi connectivity index (χ1n) is 8.12. The number of aliphatic carboxylic acids is 1. The maximum atomic E-state index is 11.5. The highest BCUT2D eigenvalue weighted by Crippen LogP contribution is 2.31. The van der Waals surface area contributed by atoms with Gasteiger partial charge in [0.25, 0.3) is 0 Å². The van der Waals surface area contributed by atoms with Crippen LogP contribution in [-0.4, -0.2) is 17.0 Å². The van der Waals surface area contributed by atoms with Crippen LogP contribution in [0.3, 0.4) is 0 Å². The molecule has 0 spiro atoms. The van der Waals surface area contributed by atoms with Crippen molar-refractivity contribution in [1.29, 1.82) is 0 Å². The van der Waals surface area contributed by atoms with Crippen LogP contribution in [0.25, 0.3) is 6.08 Å². The molecule has 0 aliphatic rings. The molecule has 0 bridgehead atoms. The fourth-order valence-corrected chi connectivity index (χ4v) is 2.64. The zero-order valence-corrected chi connectivity index (χ0v) is 15.3. The molecule has 2 aromatic carbocycles. The van der Waals surface area contributed by atoms with Crippen LogP contribution in [0.15, 0.2) is 48.2 Å². The van der Waals surface area contributed by atoms with Gasteiger partial charge >= 0.3 is 5.97 Å². The van der Waals surface area contributed by atoms with Crippen LogP contribution in [0.1, 0.15) is 30.0 Å². The second-order valence-corrected chi connectivity index (χ2v) is 6.10. The molecule has 0 radical (unpaired) electrons. The Labute approximate surface area is 157 Å². The Kier molecular flexibility index (Phi) is 6.81. The van der Waals surface area contributed by atoms with Crippen molar-refractivity contribution in [3.05, 3.63) is 69.9 Å². The van der Waals surface area contributed by atoms with Gasteiger partial charge in [-0.1, -0.05) is 48.9 Å². The quantitative estimate of drug-likeness (QED) is 0.714. The zero-order chi connectivity index (χ0) is 19.1. The average molecular weight is 374 g/mol. The normalized spacial score (nSPS) is 11.1. The minimum Gasteiger partial charge on any atom is -0.487 e. The van der Waals surface area contributed by atoms with Crippen molar-refractivity contribution in [2.24, 2.45) is 0 Å². The summed E-state index contributed by atoms with van der Waals surface area (Å²) in [5.74, 6) is -1.04. The van der Waals surface area contributed by atoms with Crippen LogP contribution >= 0.6 is 11.6 Å². The van der Waals surface area contributed by atoms with Gasteiger partial charge in [-0.3, -0.25) is 4.79 Å². The largest absolute Gasteiger partial charge is 0.487 e. The number of hydrogen-bond acceptors (Lipinski definition) is 3. The predicted molar refractivity (Wildman–Crippen MR) is 101 cm³/mol. The number of nitrogens with one attached hydrogen (secondary N) is 1. The Bertz CT molecular complexity index is 808. The van der Waals surface area contributed by atoms with Crippen molar-refractivity contribution >= 4 is 29.6 Å². The zero-order valence-electron chi connectivity index (χ0n) is 14.6. The summed E-state index contributed by atoms with van der Waals surface area (Å²) in [6.07, 6.45) is 1.56. The summed E-state index contributed by atoms with van der Waals surface area (Å²) in [4.78, 5) is 22.8. The van der Waals surface area contributed by atoms with Crippen molar-refractivity contribution in [3.8, 4) is 5.75 Å². The van der Waals surface area contributed by atoms with Crippen molar-refractivity contribution in [1.82, 2.24) is 5.32 Å². The molecule has 0 aliphatic carbocycles. The van der Waals surface area contributed by atoms with Crippen molar-refractivity contribution in [2.45, 2.75) is 26.9 Å². The lowest BCUT2D eigenvalue weighted by Gasteiger charge is -2.12. The first-order chi connectivity index (χ1) is 12.4. The molecule has 0 unspecified atom stereocenters. The molecule has 0 saturated carbocycles. The molecule has 0 atom stereocenters. The van der Waals surface area contributed by atoms with Gasteiger partial charge in [-0.15, -0.1) is 0 Å². The van der Waals surface area contributed by atoms with E-state index < -0.39 is 5.97 Å². The molecular weight excluding hydrogens is 354 g/mol. The van der Waals surface area contributed by atoms with Gasteiger partial charge < -0.3 is 15.2 Å². The molecule has 0 heterocycles. The van der Waals surface area contributed by atoms with Gasteiger partial charge in [0.2, 0.25) is 5.91 Å².